The molecule has 0 aromatic rings. The number of hydrogen-bond donors (Lipinski definition) is 0. The fourth-order valence-electron chi connectivity index (χ4n) is 0.445. The van der Waals surface area contributed by atoms with Crippen molar-refractivity contribution in [1.29, 1.82) is 0 Å². The molecule has 0 bridgehead atoms. The maximum Gasteiger partial charge on any atom is 0.201 e. The van der Waals surface area contributed by atoms with Crippen LogP contribution in [0.2, 0.25) is 0 Å². The zero-order valence-corrected chi connectivity index (χ0v) is 8.08. The van der Waals surface area contributed by atoms with E-state index < -0.39 is 0 Å². The molecule has 0 atom stereocenters. The maximum absolute atomic E-state index is 4.11. The maximum atomic E-state index is 4.11. The van der Waals surface area contributed by atoms with Crippen LogP contribution in [-0.4, -0.2) is 30.5 Å². The highest BCUT2D eigenvalue weighted by Crippen LogP contribution is 2.38. The third-order valence-electron chi connectivity index (χ3n) is 0.832. The number of amidine groups is 1. The first-order valence-corrected chi connectivity index (χ1v) is 5.16. The first-order valence-electron chi connectivity index (χ1n) is 3.01. The summed E-state index contributed by atoms with van der Waals surface area (Å²) in [6.07, 6.45) is 1.73. The molecule has 5 heteroatoms. The molecule has 0 fully saturated rings. The SMILES string of the molecule is C=C1N=C(/N=C/N(C)C)SS1. The Hall–Kier alpha value is -0.420. The largest absolute Gasteiger partial charge is 0.369 e. The lowest BCUT2D eigenvalue weighted by molar-refractivity contribution is 0.644. The van der Waals surface area contributed by atoms with Gasteiger partial charge in [-0.2, -0.15) is 0 Å². The van der Waals surface area contributed by atoms with E-state index in [0.717, 1.165) is 10.2 Å². The summed E-state index contributed by atoms with van der Waals surface area (Å²) in [4.78, 5) is 10.1. The van der Waals surface area contributed by atoms with Crippen molar-refractivity contribution in [2.24, 2.45) is 9.98 Å². The van der Waals surface area contributed by atoms with Gasteiger partial charge in [-0.15, -0.1) is 0 Å². The summed E-state index contributed by atoms with van der Waals surface area (Å²) in [5.74, 6) is 0. The highest BCUT2D eigenvalue weighted by atomic mass is 33.1. The Morgan fingerprint density at radius 3 is 2.73 bits per heavy atom. The highest BCUT2D eigenvalue weighted by molar-refractivity contribution is 8.84. The lowest BCUT2D eigenvalue weighted by Gasteiger charge is -2.00. The van der Waals surface area contributed by atoms with Crippen LogP contribution < -0.4 is 0 Å². The quantitative estimate of drug-likeness (QED) is 0.356. The molecule has 1 heterocycles. The minimum absolute atomic E-state index is 0.772. The minimum atomic E-state index is 0.772. The Labute approximate surface area is 74.1 Å². The van der Waals surface area contributed by atoms with E-state index in [-0.39, 0.29) is 0 Å². The van der Waals surface area contributed by atoms with Crippen molar-refractivity contribution < 1.29 is 0 Å². The van der Waals surface area contributed by atoms with Crippen LogP contribution in [0.5, 0.6) is 0 Å². The van der Waals surface area contributed by atoms with E-state index in [1.54, 1.807) is 17.1 Å². The molecule has 0 aliphatic carbocycles. The Balaban J connectivity index is 2.50. The normalized spacial score (nSPS) is 17.6. The van der Waals surface area contributed by atoms with E-state index in [1.807, 2.05) is 19.0 Å². The first-order chi connectivity index (χ1) is 5.18. The molecule has 0 aromatic carbocycles. The molecule has 0 radical (unpaired) electrons. The van der Waals surface area contributed by atoms with Gasteiger partial charge in [-0.1, -0.05) is 6.58 Å². The van der Waals surface area contributed by atoms with Gasteiger partial charge in [-0.05, 0) is 21.6 Å². The van der Waals surface area contributed by atoms with E-state index in [1.165, 1.54) is 10.8 Å². The lowest BCUT2D eigenvalue weighted by Crippen LogP contribution is -2.08. The van der Waals surface area contributed by atoms with Crippen LogP contribution in [0.15, 0.2) is 21.6 Å². The Morgan fingerprint density at radius 1 is 1.55 bits per heavy atom. The molecule has 1 rings (SSSR count). The molecule has 60 valence electrons. The van der Waals surface area contributed by atoms with Gasteiger partial charge in [-0.25, -0.2) is 9.98 Å². The summed E-state index contributed by atoms with van der Waals surface area (Å²) in [5.41, 5.74) is 0. The molecule has 0 unspecified atom stereocenters. The van der Waals surface area contributed by atoms with Crippen molar-refractivity contribution >= 4 is 33.1 Å². The first kappa shape index (κ1) is 8.67. The molecular weight excluding hydrogens is 178 g/mol. The predicted octanol–water partition coefficient (Wildman–Crippen LogP) is 1.80. The summed E-state index contributed by atoms with van der Waals surface area (Å²) in [6.45, 7) is 3.70. The van der Waals surface area contributed by atoms with E-state index in [4.69, 9.17) is 0 Å². The second kappa shape index (κ2) is 3.82. The van der Waals surface area contributed by atoms with Gasteiger partial charge in [-0.3, -0.25) is 0 Å². The van der Waals surface area contributed by atoms with Gasteiger partial charge in [0.2, 0.25) is 5.17 Å². The molecule has 0 spiro atoms. The number of rotatable bonds is 1. The molecule has 0 N–H and O–H groups in total. The van der Waals surface area contributed by atoms with Crippen LogP contribution in [0.4, 0.5) is 0 Å². The average Bonchev–Trinajstić information content (AvgIpc) is 2.31. The standard InChI is InChI=1S/C6H9N3S2/c1-5-8-6(11-10-5)7-4-9(2)3/h4H,1H2,2-3H3/b7-4+. The predicted molar refractivity (Wildman–Crippen MR) is 53.9 cm³/mol. The van der Waals surface area contributed by atoms with Gasteiger partial charge in [0.05, 0.1) is 6.34 Å². The molecule has 11 heavy (non-hydrogen) atoms. The number of hydrogen-bond acceptors (Lipinski definition) is 4. The van der Waals surface area contributed by atoms with E-state index in [9.17, 15) is 0 Å². The summed E-state index contributed by atoms with van der Waals surface area (Å²) < 4.78 is 0. The van der Waals surface area contributed by atoms with Crippen LogP contribution in [0.3, 0.4) is 0 Å². The average molecular weight is 187 g/mol. The van der Waals surface area contributed by atoms with Crippen molar-refractivity contribution in [3.63, 3.8) is 0 Å². The fraction of sp³-hybridized carbons (Fsp3) is 0.333. The van der Waals surface area contributed by atoms with Crippen molar-refractivity contribution in [2.75, 3.05) is 14.1 Å². The number of nitrogens with zero attached hydrogens (tertiary/aromatic N) is 3. The van der Waals surface area contributed by atoms with Gasteiger partial charge in [0.15, 0.2) is 0 Å². The van der Waals surface area contributed by atoms with Crippen LogP contribution in [0, 0.1) is 0 Å². The van der Waals surface area contributed by atoms with Gasteiger partial charge in [0.1, 0.15) is 5.03 Å². The van der Waals surface area contributed by atoms with E-state index >= 15 is 0 Å². The zero-order chi connectivity index (χ0) is 8.27. The Kier molecular flexibility index (Phi) is 3.02. The minimum Gasteiger partial charge on any atom is -0.369 e. The van der Waals surface area contributed by atoms with Crippen LogP contribution in [0.1, 0.15) is 0 Å². The van der Waals surface area contributed by atoms with E-state index in [2.05, 4.69) is 16.6 Å². The summed E-state index contributed by atoms with van der Waals surface area (Å²) in [6, 6.07) is 0. The van der Waals surface area contributed by atoms with Crippen LogP contribution in [0.25, 0.3) is 0 Å². The van der Waals surface area contributed by atoms with Crippen LogP contribution in [-0.2, 0) is 0 Å². The van der Waals surface area contributed by atoms with Crippen LogP contribution >= 0.6 is 21.6 Å². The van der Waals surface area contributed by atoms with Gasteiger partial charge >= 0.3 is 0 Å². The molecular formula is C6H9N3S2. The van der Waals surface area contributed by atoms with E-state index in [0.29, 0.717) is 0 Å². The molecule has 3 nitrogen and oxygen atoms in total. The Bertz CT molecular complexity index is 220. The van der Waals surface area contributed by atoms with Crippen molar-refractivity contribution in [2.45, 2.75) is 0 Å². The molecule has 0 saturated heterocycles. The fourth-order valence-corrected chi connectivity index (χ4v) is 1.90. The van der Waals surface area contributed by atoms with Gasteiger partial charge < -0.3 is 4.90 Å². The summed E-state index contributed by atoms with van der Waals surface area (Å²) >= 11 is 0. The zero-order valence-electron chi connectivity index (χ0n) is 6.44. The van der Waals surface area contributed by atoms with Gasteiger partial charge in [0, 0.05) is 14.1 Å². The molecule has 0 aromatic heterocycles. The number of aliphatic imine (C=N–C) groups is 2. The molecule has 0 amide bonds. The van der Waals surface area contributed by atoms with Crippen molar-refractivity contribution in [3.8, 4) is 0 Å². The monoisotopic (exact) mass is 187 g/mol. The smallest absolute Gasteiger partial charge is 0.201 e. The molecule has 0 saturated carbocycles. The van der Waals surface area contributed by atoms with Gasteiger partial charge in [0.25, 0.3) is 0 Å². The lowest BCUT2D eigenvalue weighted by atomic mass is 10.9. The highest BCUT2D eigenvalue weighted by Gasteiger charge is 2.08. The Morgan fingerprint density at radius 2 is 2.27 bits per heavy atom. The summed E-state index contributed by atoms with van der Waals surface area (Å²) in [5, 5.41) is 1.59. The summed E-state index contributed by atoms with van der Waals surface area (Å²) in [7, 11) is 6.92. The second-order valence-electron chi connectivity index (χ2n) is 2.16. The topological polar surface area (TPSA) is 28.0 Å². The third kappa shape index (κ3) is 2.98. The molecule has 1 aliphatic heterocycles. The molecule has 1 aliphatic rings. The second-order valence-corrected chi connectivity index (χ2v) is 4.33. The van der Waals surface area contributed by atoms with Crippen molar-refractivity contribution in [1.82, 2.24) is 4.90 Å². The third-order valence-corrected chi connectivity index (χ3v) is 2.82. The van der Waals surface area contributed by atoms with Crippen molar-refractivity contribution in [3.05, 3.63) is 11.6 Å².